The molecule has 4 aliphatic carbocycles. The Labute approximate surface area is 229 Å². The van der Waals surface area contributed by atoms with Crippen molar-refractivity contribution in [2.75, 3.05) is 13.2 Å². The zero-order valence-corrected chi connectivity index (χ0v) is 24.2. The standard InChI is InChI=1S/C32H48O5S/c1-30-14-12-24(33)18-22(30)8-10-27-28-11-9-23(31(28,2)15-13-29(27)30)19-26(20-32(34)16-17-37-21-32)38(35,36)25-6-4-3-5-7-25/h3-7,22-24,26-29,33-34H,8-21H2,1-2H3/t22?,23-,24?,26?,27?,28?,29?,30?,31?,32?/m1/s1. The number of benzene rings is 1. The molecule has 10 atom stereocenters. The second kappa shape index (κ2) is 9.85. The van der Waals surface area contributed by atoms with Gasteiger partial charge in [-0.25, -0.2) is 8.42 Å². The quantitative estimate of drug-likeness (QED) is 0.474. The highest BCUT2D eigenvalue weighted by molar-refractivity contribution is 7.92. The van der Waals surface area contributed by atoms with E-state index in [9.17, 15) is 18.6 Å². The van der Waals surface area contributed by atoms with Crippen LogP contribution in [0, 0.1) is 40.4 Å². The van der Waals surface area contributed by atoms with Crippen LogP contribution in [0.1, 0.15) is 90.9 Å². The highest BCUT2D eigenvalue weighted by atomic mass is 32.2. The highest BCUT2D eigenvalue weighted by Crippen LogP contribution is 2.68. The molecule has 6 heteroatoms. The summed E-state index contributed by atoms with van der Waals surface area (Å²) in [6.45, 7) is 5.74. The van der Waals surface area contributed by atoms with Crippen LogP contribution in [0.4, 0.5) is 0 Å². The molecule has 0 amide bonds. The lowest BCUT2D eigenvalue weighted by atomic mass is 9.44. The van der Waals surface area contributed by atoms with E-state index in [1.165, 1.54) is 32.1 Å². The number of hydrogen-bond donors (Lipinski definition) is 2. The SMILES string of the molecule is CC12CCC(O)CC1CCC1C2CCC2(C)C1CC[C@@H]2CC(CC1(O)CCOC1)S(=O)(=O)c1ccccc1. The van der Waals surface area contributed by atoms with Crippen LogP contribution in [0.5, 0.6) is 0 Å². The molecule has 4 saturated carbocycles. The van der Waals surface area contributed by atoms with Crippen molar-refractivity contribution in [1.82, 2.24) is 0 Å². The zero-order valence-electron chi connectivity index (χ0n) is 23.4. The maximum Gasteiger partial charge on any atom is 0.181 e. The zero-order chi connectivity index (χ0) is 26.8. The minimum atomic E-state index is -3.57. The maximum atomic E-state index is 14.0. The fraction of sp³-hybridized carbons (Fsp3) is 0.812. The third-order valence-electron chi connectivity index (χ3n) is 12.6. The van der Waals surface area contributed by atoms with E-state index in [0.29, 0.717) is 47.5 Å². The summed E-state index contributed by atoms with van der Waals surface area (Å²) in [7, 11) is -3.57. The van der Waals surface area contributed by atoms with Gasteiger partial charge in [0, 0.05) is 13.0 Å². The van der Waals surface area contributed by atoms with Crippen LogP contribution in [0.3, 0.4) is 0 Å². The monoisotopic (exact) mass is 544 g/mol. The summed E-state index contributed by atoms with van der Waals surface area (Å²) in [5, 5.41) is 21.0. The molecule has 5 fully saturated rings. The van der Waals surface area contributed by atoms with Gasteiger partial charge < -0.3 is 14.9 Å². The van der Waals surface area contributed by atoms with Crippen molar-refractivity contribution in [2.24, 2.45) is 40.4 Å². The highest BCUT2D eigenvalue weighted by Gasteiger charge is 2.60. The summed E-state index contributed by atoms with van der Waals surface area (Å²) in [6.07, 6.45) is 11.6. The van der Waals surface area contributed by atoms with Crippen molar-refractivity contribution in [3.63, 3.8) is 0 Å². The maximum absolute atomic E-state index is 14.0. The summed E-state index contributed by atoms with van der Waals surface area (Å²) >= 11 is 0. The molecule has 1 aromatic rings. The largest absolute Gasteiger partial charge is 0.393 e. The number of ether oxygens (including phenoxy) is 1. The number of hydrogen-bond acceptors (Lipinski definition) is 5. The number of fused-ring (bicyclic) bond motifs is 5. The van der Waals surface area contributed by atoms with Gasteiger partial charge in [0.1, 0.15) is 0 Å². The minimum Gasteiger partial charge on any atom is -0.393 e. The Morgan fingerprint density at radius 2 is 1.68 bits per heavy atom. The number of aliphatic hydroxyl groups is 2. The molecule has 0 aromatic heterocycles. The average molecular weight is 545 g/mol. The number of aliphatic hydroxyl groups excluding tert-OH is 1. The van der Waals surface area contributed by atoms with Crippen molar-refractivity contribution < 1.29 is 23.4 Å². The first-order chi connectivity index (χ1) is 18.1. The van der Waals surface area contributed by atoms with E-state index in [2.05, 4.69) is 13.8 Å². The van der Waals surface area contributed by atoms with Gasteiger partial charge in [0.15, 0.2) is 9.84 Å². The summed E-state index contributed by atoms with van der Waals surface area (Å²) in [5.41, 5.74) is -0.536. The molecule has 5 aliphatic rings. The van der Waals surface area contributed by atoms with E-state index in [1.807, 2.05) is 6.07 Å². The molecule has 1 aliphatic heterocycles. The Hall–Kier alpha value is -0.950. The van der Waals surface area contributed by atoms with Crippen molar-refractivity contribution in [1.29, 1.82) is 0 Å². The fourth-order valence-corrected chi connectivity index (χ4v) is 12.3. The van der Waals surface area contributed by atoms with Crippen molar-refractivity contribution in [3.05, 3.63) is 30.3 Å². The molecular formula is C32H48O5S. The van der Waals surface area contributed by atoms with Crippen LogP contribution in [0.2, 0.25) is 0 Å². The van der Waals surface area contributed by atoms with E-state index in [0.717, 1.165) is 37.5 Å². The second-order valence-corrected chi connectivity index (χ2v) is 16.6. The summed E-state index contributed by atoms with van der Waals surface area (Å²) in [5.74, 6) is 3.15. The molecule has 9 unspecified atom stereocenters. The normalized spacial score (nSPS) is 45.7. The summed E-state index contributed by atoms with van der Waals surface area (Å²) in [4.78, 5) is 0.377. The Morgan fingerprint density at radius 1 is 0.947 bits per heavy atom. The molecule has 0 bridgehead atoms. The predicted molar refractivity (Wildman–Crippen MR) is 148 cm³/mol. The topological polar surface area (TPSA) is 83.8 Å². The van der Waals surface area contributed by atoms with Crippen LogP contribution in [0.15, 0.2) is 35.2 Å². The molecule has 38 heavy (non-hydrogen) atoms. The number of sulfone groups is 1. The third kappa shape index (κ3) is 4.50. The van der Waals surface area contributed by atoms with Gasteiger partial charge in [0.2, 0.25) is 0 Å². The molecule has 0 radical (unpaired) electrons. The van der Waals surface area contributed by atoms with Crippen LogP contribution < -0.4 is 0 Å². The molecule has 2 N–H and O–H groups in total. The Balaban J connectivity index is 1.25. The third-order valence-corrected chi connectivity index (χ3v) is 14.7. The summed E-state index contributed by atoms with van der Waals surface area (Å²) in [6, 6.07) is 8.87. The van der Waals surface area contributed by atoms with E-state index in [4.69, 9.17) is 4.74 Å². The van der Waals surface area contributed by atoms with Gasteiger partial charge in [-0.05, 0) is 123 Å². The van der Waals surface area contributed by atoms with Crippen molar-refractivity contribution in [2.45, 2.75) is 113 Å². The van der Waals surface area contributed by atoms with Gasteiger partial charge in [-0.3, -0.25) is 0 Å². The Bertz CT molecular complexity index is 1100. The Kier molecular flexibility index (Phi) is 7.06. The van der Waals surface area contributed by atoms with Crippen molar-refractivity contribution in [3.8, 4) is 0 Å². The Morgan fingerprint density at radius 3 is 2.42 bits per heavy atom. The van der Waals surface area contributed by atoms with Gasteiger partial charge in [0.25, 0.3) is 0 Å². The van der Waals surface area contributed by atoms with E-state index >= 15 is 0 Å². The number of rotatable bonds is 6. The molecule has 0 spiro atoms. The summed E-state index contributed by atoms with van der Waals surface area (Å²) < 4.78 is 33.5. The minimum absolute atomic E-state index is 0.113. The van der Waals surface area contributed by atoms with Gasteiger partial charge in [-0.2, -0.15) is 0 Å². The first kappa shape index (κ1) is 27.2. The predicted octanol–water partition coefficient (Wildman–Crippen LogP) is 5.78. The lowest BCUT2D eigenvalue weighted by Crippen LogP contribution is -2.54. The van der Waals surface area contributed by atoms with Crippen LogP contribution >= 0.6 is 0 Å². The molecule has 212 valence electrons. The van der Waals surface area contributed by atoms with Crippen LogP contribution in [0.25, 0.3) is 0 Å². The molecule has 1 heterocycles. The van der Waals surface area contributed by atoms with Crippen LogP contribution in [-0.2, 0) is 14.6 Å². The van der Waals surface area contributed by atoms with Crippen molar-refractivity contribution >= 4 is 9.84 Å². The van der Waals surface area contributed by atoms with Gasteiger partial charge in [-0.15, -0.1) is 0 Å². The molecule has 5 nitrogen and oxygen atoms in total. The average Bonchev–Trinajstić information content (AvgIpc) is 3.47. The fourth-order valence-electron chi connectivity index (χ4n) is 10.4. The van der Waals surface area contributed by atoms with Crippen LogP contribution in [-0.4, -0.2) is 48.8 Å². The van der Waals surface area contributed by atoms with E-state index in [1.54, 1.807) is 24.3 Å². The van der Waals surface area contributed by atoms with Gasteiger partial charge >= 0.3 is 0 Å². The lowest BCUT2D eigenvalue weighted by Gasteiger charge is -2.61. The first-order valence-corrected chi connectivity index (χ1v) is 16.9. The molecular weight excluding hydrogens is 496 g/mol. The van der Waals surface area contributed by atoms with Gasteiger partial charge in [0.05, 0.1) is 28.5 Å². The molecule has 6 rings (SSSR count). The lowest BCUT2D eigenvalue weighted by molar-refractivity contribution is -0.127. The molecule has 1 saturated heterocycles. The van der Waals surface area contributed by atoms with E-state index < -0.39 is 20.7 Å². The first-order valence-electron chi connectivity index (χ1n) is 15.3. The van der Waals surface area contributed by atoms with Gasteiger partial charge in [-0.1, -0.05) is 32.0 Å². The second-order valence-electron chi connectivity index (χ2n) is 14.4. The van der Waals surface area contributed by atoms with E-state index in [-0.39, 0.29) is 24.5 Å². The smallest absolute Gasteiger partial charge is 0.181 e. The molecule has 1 aromatic carbocycles.